The fourth-order valence-electron chi connectivity index (χ4n) is 4.15. The lowest BCUT2D eigenvalue weighted by atomic mass is 10.1. The average Bonchev–Trinajstić information content (AvgIpc) is 2.88. The van der Waals surface area contributed by atoms with E-state index < -0.39 is 6.10 Å². The first-order valence-corrected chi connectivity index (χ1v) is 11.9. The average molecular weight is 488 g/mol. The van der Waals surface area contributed by atoms with Crippen molar-refractivity contribution in [1.82, 2.24) is 9.80 Å². The summed E-state index contributed by atoms with van der Waals surface area (Å²) in [5.74, 6) is 1.85. The molecule has 2 aromatic rings. The highest BCUT2D eigenvalue weighted by atomic mass is 16.5. The van der Waals surface area contributed by atoms with Crippen molar-refractivity contribution in [2.75, 3.05) is 79.1 Å². The second kappa shape index (κ2) is 13.9. The molecule has 1 aliphatic heterocycles. The maximum atomic E-state index is 12.6. The zero-order valence-electron chi connectivity index (χ0n) is 20.9. The number of rotatable bonds is 13. The topological polar surface area (TPSA) is 92.7 Å². The molecule has 0 aromatic heterocycles. The number of nitrogens with one attached hydrogen (secondary N) is 1. The highest BCUT2D eigenvalue weighted by Crippen LogP contribution is 2.34. The molecule has 2 aromatic carbocycles. The number of carbonyl (C=O) groups excluding carboxylic acids is 1. The molecule has 35 heavy (non-hydrogen) atoms. The van der Waals surface area contributed by atoms with E-state index in [-0.39, 0.29) is 12.5 Å². The van der Waals surface area contributed by atoms with Crippen molar-refractivity contribution in [1.29, 1.82) is 0 Å². The first-order valence-electron chi connectivity index (χ1n) is 11.9. The number of β-amino-alcohol motifs (C(OH)–C–C–N with tert-alkyl or cyclic N) is 1. The summed E-state index contributed by atoms with van der Waals surface area (Å²) in [6.45, 7) is 4.70. The third-order valence-electron chi connectivity index (χ3n) is 6.01. The highest BCUT2D eigenvalue weighted by molar-refractivity contribution is 5.95. The van der Waals surface area contributed by atoms with E-state index in [2.05, 4.69) is 15.1 Å². The summed E-state index contributed by atoms with van der Waals surface area (Å²) in [6, 6.07) is 13.2. The van der Waals surface area contributed by atoms with Crippen molar-refractivity contribution < 1.29 is 28.8 Å². The zero-order valence-corrected chi connectivity index (χ0v) is 20.9. The van der Waals surface area contributed by atoms with Crippen LogP contribution in [0.2, 0.25) is 0 Å². The molecular weight excluding hydrogens is 450 g/mol. The summed E-state index contributed by atoms with van der Waals surface area (Å²) >= 11 is 0. The van der Waals surface area contributed by atoms with Gasteiger partial charge in [0.15, 0.2) is 0 Å². The standard InChI is InChI=1S/C26H37N3O6/c1-32-22-8-5-4-7-20(22)11-16-35-19-21(30)17-28-12-14-29(15-13-28)18-25(31)27-26-23(33-2)9-6-10-24(26)34-3/h4-10,21,30H,11-19H2,1-3H3,(H,27,31)/t21-/m1/s1. The number of aliphatic hydroxyl groups is 1. The van der Waals surface area contributed by atoms with E-state index in [1.807, 2.05) is 30.3 Å². The molecule has 1 saturated heterocycles. The van der Waals surface area contributed by atoms with Gasteiger partial charge in [-0.1, -0.05) is 24.3 Å². The molecule has 1 fully saturated rings. The van der Waals surface area contributed by atoms with E-state index in [0.29, 0.717) is 36.9 Å². The summed E-state index contributed by atoms with van der Waals surface area (Å²) in [6.07, 6.45) is 0.179. The molecule has 0 aliphatic carbocycles. The third-order valence-corrected chi connectivity index (χ3v) is 6.01. The molecule has 0 bridgehead atoms. The van der Waals surface area contributed by atoms with Crippen molar-refractivity contribution >= 4 is 11.6 Å². The molecular formula is C26H37N3O6. The number of carbonyl (C=O) groups is 1. The van der Waals surface area contributed by atoms with Crippen LogP contribution in [0.25, 0.3) is 0 Å². The minimum atomic E-state index is -0.555. The number of nitrogens with zero attached hydrogens (tertiary/aromatic N) is 2. The molecule has 0 spiro atoms. The molecule has 192 valence electrons. The van der Waals surface area contributed by atoms with Gasteiger partial charge in [-0.2, -0.15) is 0 Å². The summed E-state index contributed by atoms with van der Waals surface area (Å²) in [5.41, 5.74) is 1.63. The van der Waals surface area contributed by atoms with Crippen LogP contribution in [0.1, 0.15) is 5.56 Å². The number of benzene rings is 2. The maximum Gasteiger partial charge on any atom is 0.238 e. The normalized spacial score (nSPS) is 15.4. The molecule has 0 unspecified atom stereocenters. The quantitative estimate of drug-likeness (QED) is 0.414. The van der Waals surface area contributed by atoms with Gasteiger partial charge in [-0.3, -0.25) is 14.6 Å². The lowest BCUT2D eigenvalue weighted by Crippen LogP contribution is -2.50. The summed E-state index contributed by atoms with van der Waals surface area (Å²) in [5, 5.41) is 13.3. The highest BCUT2D eigenvalue weighted by Gasteiger charge is 2.22. The number of methoxy groups -OCH3 is 3. The third kappa shape index (κ3) is 8.10. The molecule has 3 rings (SSSR count). The van der Waals surface area contributed by atoms with Gasteiger partial charge in [-0.05, 0) is 30.2 Å². The number of hydrogen-bond donors (Lipinski definition) is 2. The number of hydrogen-bond acceptors (Lipinski definition) is 8. The lowest BCUT2D eigenvalue weighted by molar-refractivity contribution is -0.117. The minimum Gasteiger partial charge on any atom is -0.496 e. The Kier molecular flexibility index (Phi) is 10.6. The Balaban J connectivity index is 1.34. The Bertz CT molecular complexity index is 911. The number of aliphatic hydroxyl groups excluding tert-OH is 1. The van der Waals surface area contributed by atoms with E-state index in [1.165, 1.54) is 0 Å². The molecule has 0 radical (unpaired) electrons. The molecule has 2 N–H and O–H groups in total. The monoisotopic (exact) mass is 487 g/mol. The first kappa shape index (κ1) is 26.7. The maximum absolute atomic E-state index is 12.6. The van der Waals surface area contributed by atoms with E-state index in [9.17, 15) is 9.90 Å². The Labute approximate surface area is 207 Å². The van der Waals surface area contributed by atoms with E-state index >= 15 is 0 Å². The van der Waals surface area contributed by atoms with Gasteiger partial charge in [-0.15, -0.1) is 0 Å². The van der Waals surface area contributed by atoms with E-state index in [4.69, 9.17) is 18.9 Å². The SMILES string of the molecule is COc1ccccc1CCOC[C@H](O)CN1CCN(CC(=O)Nc2c(OC)cccc2OC)CC1. The lowest BCUT2D eigenvalue weighted by Gasteiger charge is -2.35. The number of ether oxygens (including phenoxy) is 4. The second-order valence-electron chi connectivity index (χ2n) is 8.45. The van der Waals surface area contributed by atoms with E-state index in [0.717, 1.165) is 43.9 Å². The second-order valence-corrected chi connectivity index (χ2v) is 8.45. The van der Waals surface area contributed by atoms with Crippen LogP contribution >= 0.6 is 0 Å². The number of piperazine rings is 1. The Morgan fingerprint density at radius 2 is 1.51 bits per heavy atom. The largest absolute Gasteiger partial charge is 0.496 e. The minimum absolute atomic E-state index is 0.121. The van der Waals surface area contributed by atoms with Gasteiger partial charge in [0.25, 0.3) is 0 Å². The van der Waals surface area contributed by atoms with Gasteiger partial charge < -0.3 is 29.4 Å². The smallest absolute Gasteiger partial charge is 0.238 e. The van der Waals surface area contributed by atoms with Gasteiger partial charge in [-0.25, -0.2) is 0 Å². The van der Waals surface area contributed by atoms with Crippen LogP contribution in [0.4, 0.5) is 5.69 Å². The van der Waals surface area contributed by atoms with Crippen LogP contribution < -0.4 is 19.5 Å². The molecule has 9 nitrogen and oxygen atoms in total. The predicted octanol–water partition coefficient (Wildman–Crippen LogP) is 1.89. The van der Waals surface area contributed by atoms with Crippen LogP contribution in [0.3, 0.4) is 0 Å². The number of amides is 1. The molecule has 1 atom stereocenters. The van der Waals surface area contributed by atoms with Crippen molar-refractivity contribution in [3.05, 3.63) is 48.0 Å². The Morgan fingerprint density at radius 1 is 0.914 bits per heavy atom. The summed E-state index contributed by atoms with van der Waals surface area (Å²) in [7, 11) is 4.78. The van der Waals surface area contributed by atoms with Crippen LogP contribution in [0.5, 0.6) is 17.2 Å². The van der Waals surface area contributed by atoms with Crippen molar-refractivity contribution in [3.8, 4) is 17.2 Å². The molecule has 1 amide bonds. The Morgan fingerprint density at radius 3 is 2.17 bits per heavy atom. The Hall–Kier alpha value is -2.85. The van der Waals surface area contributed by atoms with Crippen molar-refractivity contribution in [2.24, 2.45) is 0 Å². The fraction of sp³-hybridized carbons (Fsp3) is 0.500. The molecule has 0 saturated carbocycles. The van der Waals surface area contributed by atoms with Gasteiger partial charge in [0.2, 0.25) is 5.91 Å². The van der Waals surface area contributed by atoms with Gasteiger partial charge >= 0.3 is 0 Å². The first-order chi connectivity index (χ1) is 17.0. The molecule has 9 heteroatoms. The fourth-order valence-corrected chi connectivity index (χ4v) is 4.15. The predicted molar refractivity (Wildman–Crippen MR) is 135 cm³/mol. The van der Waals surface area contributed by atoms with Crippen molar-refractivity contribution in [2.45, 2.75) is 12.5 Å². The van der Waals surface area contributed by atoms with Crippen LogP contribution in [-0.4, -0.2) is 101 Å². The van der Waals surface area contributed by atoms with Gasteiger partial charge in [0.05, 0.1) is 47.2 Å². The summed E-state index contributed by atoms with van der Waals surface area (Å²) < 4.78 is 21.7. The van der Waals surface area contributed by atoms with Crippen molar-refractivity contribution in [3.63, 3.8) is 0 Å². The molecule has 1 heterocycles. The summed E-state index contributed by atoms with van der Waals surface area (Å²) in [4.78, 5) is 16.9. The van der Waals surface area contributed by atoms with Crippen LogP contribution in [0.15, 0.2) is 42.5 Å². The number of anilines is 1. The van der Waals surface area contributed by atoms with Gasteiger partial charge in [0.1, 0.15) is 22.9 Å². The molecule has 1 aliphatic rings. The zero-order chi connectivity index (χ0) is 25.0. The van der Waals surface area contributed by atoms with Crippen LogP contribution in [-0.2, 0) is 16.0 Å². The van der Waals surface area contributed by atoms with E-state index in [1.54, 1.807) is 33.5 Å². The van der Waals surface area contributed by atoms with Gasteiger partial charge in [0, 0.05) is 32.7 Å². The van der Waals surface area contributed by atoms with Crippen LogP contribution in [0, 0.1) is 0 Å². The number of para-hydroxylation sites is 2.